The molecule has 1 N–H and O–H groups in total. The van der Waals surface area contributed by atoms with Crippen molar-refractivity contribution in [1.82, 2.24) is 10.2 Å². The van der Waals surface area contributed by atoms with E-state index in [4.69, 9.17) is 0 Å². The molecule has 6 heteroatoms. The van der Waals surface area contributed by atoms with Crippen molar-refractivity contribution in [1.29, 1.82) is 0 Å². The van der Waals surface area contributed by atoms with Crippen LogP contribution in [-0.4, -0.2) is 50.9 Å². The molecule has 0 aromatic heterocycles. The van der Waals surface area contributed by atoms with E-state index < -0.39 is 9.84 Å². The fraction of sp³-hybridized carbons (Fsp3) is 0.562. The maximum absolute atomic E-state index is 11.9. The molecule has 1 aliphatic heterocycles. The normalized spacial score (nSPS) is 20.2. The zero-order valence-electron chi connectivity index (χ0n) is 13.0. The van der Waals surface area contributed by atoms with E-state index in [9.17, 15) is 13.2 Å². The number of sulfone groups is 1. The van der Waals surface area contributed by atoms with Gasteiger partial charge >= 0.3 is 0 Å². The monoisotopic (exact) mass is 324 g/mol. The van der Waals surface area contributed by atoms with Crippen molar-refractivity contribution in [3.05, 3.63) is 35.9 Å². The second kappa shape index (κ2) is 7.74. The van der Waals surface area contributed by atoms with E-state index >= 15 is 0 Å². The van der Waals surface area contributed by atoms with Crippen LogP contribution in [0.15, 0.2) is 30.3 Å². The molecule has 1 atom stereocenters. The summed E-state index contributed by atoms with van der Waals surface area (Å²) < 4.78 is 22.7. The van der Waals surface area contributed by atoms with Crippen LogP contribution < -0.4 is 5.32 Å². The molecule has 0 saturated carbocycles. The van der Waals surface area contributed by atoms with Gasteiger partial charge in [0, 0.05) is 13.1 Å². The van der Waals surface area contributed by atoms with E-state index in [0.29, 0.717) is 13.0 Å². The molecule has 1 aromatic rings. The smallest absolute Gasteiger partial charge is 0.224 e. The minimum absolute atomic E-state index is 0.00669. The van der Waals surface area contributed by atoms with Gasteiger partial charge in [-0.15, -0.1) is 0 Å². The summed E-state index contributed by atoms with van der Waals surface area (Å²) in [6, 6.07) is 10.2. The lowest BCUT2D eigenvalue weighted by Crippen LogP contribution is -2.33. The van der Waals surface area contributed by atoms with Gasteiger partial charge in [-0.25, -0.2) is 8.42 Å². The SMILES string of the molecule is CN(CCCNC(=O)C1CCS(=O)(=O)C1)Cc1ccccc1. The number of amides is 1. The fourth-order valence-electron chi connectivity index (χ4n) is 2.68. The number of hydrogen-bond acceptors (Lipinski definition) is 4. The number of carbonyl (C=O) groups excluding carboxylic acids is 1. The van der Waals surface area contributed by atoms with Crippen LogP contribution >= 0.6 is 0 Å². The number of carbonyl (C=O) groups is 1. The molecule has 1 unspecified atom stereocenters. The molecule has 1 aliphatic rings. The summed E-state index contributed by atoms with van der Waals surface area (Å²) in [4.78, 5) is 14.1. The van der Waals surface area contributed by atoms with E-state index in [1.807, 2.05) is 18.2 Å². The van der Waals surface area contributed by atoms with Crippen LogP contribution in [0.1, 0.15) is 18.4 Å². The van der Waals surface area contributed by atoms with Crippen LogP contribution in [0.5, 0.6) is 0 Å². The number of hydrogen-bond donors (Lipinski definition) is 1. The van der Waals surface area contributed by atoms with Crippen LogP contribution in [0.4, 0.5) is 0 Å². The highest BCUT2D eigenvalue weighted by molar-refractivity contribution is 7.91. The van der Waals surface area contributed by atoms with Gasteiger partial charge in [-0.2, -0.15) is 0 Å². The van der Waals surface area contributed by atoms with Crippen molar-refractivity contribution in [2.75, 3.05) is 31.6 Å². The van der Waals surface area contributed by atoms with Gasteiger partial charge < -0.3 is 10.2 Å². The van der Waals surface area contributed by atoms with E-state index in [0.717, 1.165) is 19.5 Å². The topological polar surface area (TPSA) is 66.5 Å². The molecule has 1 saturated heterocycles. The Hall–Kier alpha value is -1.40. The molecular formula is C16H24N2O3S. The second-order valence-electron chi connectivity index (χ2n) is 5.97. The third-order valence-electron chi connectivity index (χ3n) is 3.91. The average Bonchev–Trinajstić information content (AvgIpc) is 2.85. The first-order valence-electron chi connectivity index (χ1n) is 7.67. The van der Waals surface area contributed by atoms with Gasteiger partial charge in [0.2, 0.25) is 5.91 Å². The van der Waals surface area contributed by atoms with E-state index in [1.165, 1.54) is 5.56 Å². The number of nitrogens with one attached hydrogen (secondary N) is 1. The summed E-state index contributed by atoms with van der Waals surface area (Å²) in [5.41, 5.74) is 1.27. The number of benzene rings is 1. The van der Waals surface area contributed by atoms with Crippen LogP contribution in [0.25, 0.3) is 0 Å². The van der Waals surface area contributed by atoms with Crippen molar-refractivity contribution >= 4 is 15.7 Å². The summed E-state index contributed by atoms with van der Waals surface area (Å²) >= 11 is 0. The van der Waals surface area contributed by atoms with Gasteiger partial charge in [-0.1, -0.05) is 30.3 Å². The molecule has 1 aromatic carbocycles. The number of nitrogens with zero attached hydrogens (tertiary/aromatic N) is 1. The molecule has 5 nitrogen and oxygen atoms in total. The maximum Gasteiger partial charge on any atom is 0.224 e. The Bertz CT molecular complexity index is 587. The number of rotatable bonds is 7. The third kappa shape index (κ3) is 5.42. The Labute approximate surface area is 132 Å². The highest BCUT2D eigenvalue weighted by atomic mass is 32.2. The van der Waals surface area contributed by atoms with Crippen molar-refractivity contribution in [3.63, 3.8) is 0 Å². The van der Waals surface area contributed by atoms with Gasteiger partial charge in [-0.05, 0) is 32.0 Å². The van der Waals surface area contributed by atoms with Crippen LogP contribution in [0.3, 0.4) is 0 Å². The fourth-order valence-corrected chi connectivity index (χ4v) is 4.42. The lowest BCUT2D eigenvalue weighted by Gasteiger charge is -2.17. The molecule has 1 amide bonds. The van der Waals surface area contributed by atoms with E-state index in [-0.39, 0.29) is 23.3 Å². The summed E-state index contributed by atoms with van der Waals surface area (Å²) in [6.45, 7) is 2.36. The van der Waals surface area contributed by atoms with Crippen molar-refractivity contribution in [2.24, 2.45) is 5.92 Å². The summed E-state index contributed by atoms with van der Waals surface area (Å²) in [5, 5.41) is 2.85. The second-order valence-corrected chi connectivity index (χ2v) is 8.20. The van der Waals surface area contributed by atoms with E-state index in [1.54, 1.807) is 0 Å². The van der Waals surface area contributed by atoms with Gasteiger partial charge in [0.05, 0.1) is 17.4 Å². The van der Waals surface area contributed by atoms with Gasteiger partial charge in [0.1, 0.15) is 0 Å². The van der Waals surface area contributed by atoms with Gasteiger partial charge in [0.25, 0.3) is 0 Å². The van der Waals surface area contributed by atoms with Crippen molar-refractivity contribution in [2.45, 2.75) is 19.4 Å². The minimum Gasteiger partial charge on any atom is -0.356 e. The largest absolute Gasteiger partial charge is 0.356 e. The quantitative estimate of drug-likeness (QED) is 0.762. The lowest BCUT2D eigenvalue weighted by molar-refractivity contribution is -0.124. The molecule has 0 spiro atoms. The third-order valence-corrected chi connectivity index (χ3v) is 5.68. The Balaban J connectivity index is 1.62. The first kappa shape index (κ1) is 17.0. The highest BCUT2D eigenvalue weighted by Crippen LogP contribution is 2.18. The zero-order chi connectivity index (χ0) is 16.0. The van der Waals surface area contributed by atoms with Crippen LogP contribution in [0, 0.1) is 5.92 Å². The Kier molecular flexibility index (Phi) is 5.97. The average molecular weight is 324 g/mol. The summed E-state index contributed by atoms with van der Waals surface area (Å²) in [5.74, 6) is -0.323. The maximum atomic E-state index is 11.9. The van der Waals surface area contributed by atoms with Crippen molar-refractivity contribution in [3.8, 4) is 0 Å². The predicted molar refractivity (Wildman–Crippen MR) is 87.2 cm³/mol. The molecule has 1 heterocycles. The summed E-state index contributed by atoms with van der Waals surface area (Å²) in [7, 11) is -0.934. The highest BCUT2D eigenvalue weighted by Gasteiger charge is 2.32. The first-order valence-corrected chi connectivity index (χ1v) is 9.49. The molecule has 0 aliphatic carbocycles. The van der Waals surface area contributed by atoms with Crippen LogP contribution in [0.2, 0.25) is 0 Å². The van der Waals surface area contributed by atoms with Gasteiger partial charge in [0.15, 0.2) is 9.84 Å². The standard InChI is InChI=1S/C16H24N2O3S/c1-18(12-14-6-3-2-4-7-14)10-5-9-17-16(19)15-8-11-22(20,21)13-15/h2-4,6-7,15H,5,8-13H2,1H3,(H,17,19). The molecule has 1 fully saturated rings. The molecule has 0 radical (unpaired) electrons. The molecule has 2 rings (SSSR count). The van der Waals surface area contributed by atoms with E-state index in [2.05, 4.69) is 29.4 Å². The minimum atomic E-state index is -2.99. The first-order chi connectivity index (χ1) is 10.5. The Morgan fingerprint density at radius 2 is 2.05 bits per heavy atom. The molecular weight excluding hydrogens is 300 g/mol. The lowest BCUT2D eigenvalue weighted by atomic mass is 10.1. The van der Waals surface area contributed by atoms with Crippen molar-refractivity contribution < 1.29 is 13.2 Å². The molecule has 0 bridgehead atoms. The summed E-state index contributed by atoms with van der Waals surface area (Å²) in [6.07, 6.45) is 1.32. The molecule has 22 heavy (non-hydrogen) atoms. The van der Waals surface area contributed by atoms with Gasteiger partial charge in [-0.3, -0.25) is 4.79 Å². The zero-order valence-corrected chi connectivity index (χ0v) is 13.8. The Morgan fingerprint density at radius 1 is 1.32 bits per heavy atom. The molecule has 122 valence electrons. The Morgan fingerprint density at radius 3 is 2.68 bits per heavy atom. The predicted octanol–water partition coefficient (Wildman–Crippen LogP) is 1.06. The van der Waals surface area contributed by atoms with Crippen LogP contribution in [-0.2, 0) is 21.2 Å².